The van der Waals surface area contributed by atoms with Gasteiger partial charge in [-0.25, -0.2) is 4.98 Å². The number of aromatic hydroxyl groups is 1. The van der Waals surface area contributed by atoms with Crippen LogP contribution in [0.4, 0.5) is 0 Å². The maximum absolute atomic E-state index is 9.56. The molecule has 0 unspecified atom stereocenters. The molecule has 0 amide bonds. The van der Waals surface area contributed by atoms with Gasteiger partial charge in [0.05, 0.1) is 17.2 Å². The van der Waals surface area contributed by atoms with E-state index in [-0.39, 0.29) is 0 Å². The fourth-order valence-electron chi connectivity index (χ4n) is 2.09. The lowest BCUT2D eigenvalue weighted by Gasteiger charge is -2.04. The molecule has 0 saturated heterocycles. The van der Waals surface area contributed by atoms with Crippen LogP contribution in [0, 0.1) is 6.92 Å². The van der Waals surface area contributed by atoms with Crippen molar-refractivity contribution in [2.24, 2.45) is 7.05 Å². The van der Waals surface area contributed by atoms with Crippen molar-refractivity contribution >= 4 is 11.0 Å². The minimum atomic E-state index is 0.305. The van der Waals surface area contributed by atoms with Crippen LogP contribution in [-0.4, -0.2) is 19.6 Å². The first-order chi connectivity index (χ1) is 8.66. The molecule has 0 atom stereocenters. The number of phenolic OH excluding ortho intramolecular Hbond substituents is 1. The molecule has 0 fully saturated rings. The fourth-order valence-corrected chi connectivity index (χ4v) is 2.09. The van der Waals surface area contributed by atoms with Gasteiger partial charge in [0.25, 0.3) is 0 Å². The molecule has 0 radical (unpaired) electrons. The summed E-state index contributed by atoms with van der Waals surface area (Å²) in [4.78, 5) is 8.71. The van der Waals surface area contributed by atoms with E-state index in [0.29, 0.717) is 5.75 Å². The van der Waals surface area contributed by atoms with E-state index in [2.05, 4.69) is 9.97 Å². The lowest BCUT2D eigenvalue weighted by molar-refractivity contribution is 0.471. The molecule has 0 aliphatic rings. The topological polar surface area (TPSA) is 50.9 Å². The van der Waals surface area contributed by atoms with E-state index in [9.17, 15) is 5.11 Å². The van der Waals surface area contributed by atoms with Crippen molar-refractivity contribution in [1.82, 2.24) is 14.5 Å². The second-order valence-electron chi connectivity index (χ2n) is 4.36. The Morgan fingerprint density at radius 1 is 1.22 bits per heavy atom. The summed E-state index contributed by atoms with van der Waals surface area (Å²) in [6.45, 7) is 1.88. The summed E-state index contributed by atoms with van der Waals surface area (Å²) in [6.07, 6.45) is 3.54. The lowest BCUT2D eigenvalue weighted by Crippen LogP contribution is -1.93. The van der Waals surface area contributed by atoms with Gasteiger partial charge in [-0.3, -0.25) is 4.98 Å². The first-order valence-electron chi connectivity index (χ1n) is 5.73. The van der Waals surface area contributed by atoms with Crippen LogP contribution >= 0.6 is 0 Å². The number of rotatable bonds is 1. The van der Waals surface area contributed by atoms with E-state index >= 15 is 0 Å². The predicted octanol–water partition coefficient (Wildman–Crippen LogP) is 2.65. The van der Waals surface area contributed by atoms with Crippen molar-refractivity contribution < 1.29 is 5.11 Å². The Morgan fingerprint density at radius 3 is 2.78 bits per heavy atom. The van der Waals surface area contributed by atoms with Crippen LogP contribution < -0.4 is 0 Å². The molecule has 0 aliphatic carbocycles. The molecule has 0 saturated carbocycles. The zero-order valence-electron chi connectivity index (χ0n) is 10.3. The van der Waals surface area contributed by atoms with Crippen LogP contribution in [0.15, 0.2) is 36.7 Å². The van der Waals surface area contributed by atoms with Crippen LogP contribution in [0.2, 0.25) is 0 Å². The van der Waals surface area contributed by atoms with Crippen LogP contribution in [0.5, 0.6) is 5.75 Å². The van der Waals surface area contributed by atoms with E-state index < -0.39 is 0 Å². The summed E-state index contributed by atoms with van der Waals surface area (Å²) in [7, 11) is 1.97. The maximum atomic E-state index is 9.56. The Kier molecular flexibility index (Phi) is 2.30. The van der Waals surface area contributed by atoms with Gasteiger partial charge < -0.3 is 9.67 Å². The number of nitrogens with zero attached hydrogens (tertiary/aromatic N) is 3. The van der Waals surface area contributed by atoms with Gasteiger partial charge in [-0.15, -0.1) is 0 Å². The Labute approximate surface area is 105 Å². The van der Waals surface area contributed by atoms with Gasteiger partial charge >= 0.3 is 0 Å². The molecule has 2 aromatic heterocycles. The van der Waals surface area contributed by atoms with E-state index in [0.717, 1.165) is 28.0 Å². The molecule has 4 heteroatoms. The maximum Gasteiger partial charge on any atom is 0.140 e. The molecular weight excluding hydrogens is 226 g/mol. The summed E-state index contributed by atoms with van der Waals surface area (Å²) in [5.74, 6) is 1.18. The third kappa shape index (κ3) is 1.54. The Morgan fingerprint density at radius 2 is 2.06 bits per heavy atom. The van der Waals surface area contributed by atoms with Gasteiger partial charge in [-0.05, 0) is 36.8 Å². The number of imidazole rings is 1. The van der Waals surface area contributed by atoms with Gasteiger partial charge in [-0.1, -0.05) is 0 Å². The first kappa shape index (κ1) is 10.8. The van der Waals surface area contributed by atoms with Crippen molar-refractivity contribution in [3.63, 3.8) is 0 Å². The SMILES string of the molecule is Cc1cc(-c2nc3ccncc3n2C)ccc1O. The van der Waals surface area contributed by atoms with Gasteiger partial charge in [-0.2, -0.15) is 0 Å². The van der Waals surface area contributed by atoms with Crippen LogP contribution in [0.3, 0.4) is 0 Å². The van der Waals surface area contributed by atoms with Crippen molar-refractivity contribution in [2.45, 2.75) is 6.92 Å². The van der Waals surface area contributed by atoms with Gasteiger partial charge in [0, 0.05) is 18.8 Å². The largest absolute Gasteiger partial charge is 0.508 e. The second-order valence-corrected chi connectivity index (χ2v) is 4.36. The minimum absolute atomic E-state index is 0.305. The van der Waals surface area contributed by atoms with Crippen molar-refractivity contribution in [2.75, 3.05) is 0 Å². The van der Waals surface area contributed by atoms with Gasteiger partial charge in [0.15, 0.2) is 0 Å². The number of benzene rings is 1. The van der Waals surface area contributed by atoms with E-state index in [1.165, 1.54) is 0 Å². The molecule has 3 rings (SSSR count). The minimum Gasteiger partial charge on any atom is -0.508 e. The number of phenols is 1. The molecule has 0 bridgehead atoms. The van der Waals surface area contributed by atoms with Gasteiger partial charge in [0.2, 0.25) is 0 Å². The summed E-state index contributed by atoms with van der Waals surface area (Å²) >= 11 is 0. The molecule has 3 aromatic rings. The Bertz CT molecular complexity index is 731. The zero-order valence-corrected chi connectivity index (χ0v) is 10.3. The van der Waals surface area contributed by atoms with Crippen molar-refractivity contribution in [1.29, 1.82) is 0 Å². The highest BCUT2D eigenvalue weighted by atomic mass is 16.3. The summed E-state index contributed by atoms with van der Waals surface area (Å²) in [6, 6.07) is 7.40. The first-order valence-corrected chi connectivity index (χ1v) is 5.73. The number of pyridine rings is 1. The molecule has 18 heavy (non-hydrogen) atoms. The van der Waals surface area contributed by atoms with Crippen molar-refractivity contribution in [3.05, 3.63) is 42.2 Å². The van der Waals surface area contributed by atoms with Crippen LogP contribution in [-0.2, 0) is 7.05 Å². The number of hydrogen-bond acceptors (Lipinski definition) is 3. The van der Waals surface area contributed by atoms with Gasteiger partial charge in [0.1, 0.15) is 11.6 Å². The highest BCUT2D eigenvalue weighted by Crippen LogP contribution is 2.26. The molecule has 2 heterocycles. The molecule has 1 aromatic carbocycles. The van der Waals surface area contributed by atoms with Crippen molar-refractivity contribution in [3.8, 4) is 17.1 Å². The molecular formula is C14H13N3O. The molecule has 4 nitrogen and oxygen atoms in total. The number of aryl methyl sites for hydroxylation is 2. The van der Waals surface area contributed by atoms with E-state index in [1.807, 2.05) is 36.7 Å². The number of hydrogen-bond donors (Lipinski definition) is 1. The molecule has 1 N–H and O–H groups in total. The molecule has 0 spiro atoms. The normalized spacial score (nSPS) is 11.0. The average Bonchev–Trinajstić information content (AvgIpc) is 2.71. The second kappa shape index (κ2) is 3.84. The summed E-state index contributed by atoms with van der Waals surface area (Å²) < 4.78 is 2.01. The molecule has 0 aliphatic heterocycles. The monoisotopic (exact) mass is 239 g/mol. The lowest BCUT2D eigenvalue weighted by atomic mass is 10.1. The Balaban J connectivity index is 2.25. The van der Waals surface area contributed by atoms with Crippen LogP contribution in [0.25, 0.3) is 22.4 Å². The smallest absolute Gasteiger partial charge is 0.140 e. The summed E-state index contributed by atoms with van der Waals surface area (Å²) in [5.41, 5.74) is 3.76. The van der Waals surface area contributed by atoms with Crippen LogP contribution in [0.1, 0.15) is 5.56 Å². The van der Waals surface area contributed by atoms with E-state index in [4.69, 9.17) is 0 Å². The highest BCUT2D eigenvalue weighted by molar-refractivity contribution is 5.79. The third-order valence-electron chi connectivity index (χ3n) is 3.14. The van der Waals surface area contributed by atoms with E-state index in [1.54, 1.807) is 18.5 Å². The Hall–Kier alpha value is -2.36. The number of aromatic nitrogens is 3. The number of fused-ring (bicyclic) bond motifs is 1. The molecule has 90 valence electrons. The standard InChI is InChI=1S/C14H13N3O/c1-9-7-10(3-4-13(9)18)14-16-11-5-6-15-8-12(11)17(14)2/h3-8,18H,1-2H3. The predicted molar refractivity (Wildman–Crippen MR) is 70.3 cm³/mol. The zero-order chi connectivity index (χ0) is 12.7. The average molecular weight is 239 g/mol. The fraction of sp³-hybridized carbons (Fsp3) is 0.143. The highest BCUT2D eigenvalue weighted by Gasteiger charge is 2.10. The quantitative estimate of drug-likeness (QED) is 0.710. The third-order valence-corrected chi connectivity index (χ3v) is 3.14. The summed E-state index contributed by atoms with van der Waals surface area (Å²) in [5, 5.41) is 9.56.